The molecular weight excluding hydrogens is 368 g/mol. The lowest BCUT2D eigenvalue weighted by Gasteiger charge is -2.07. The Labute approximate surface area is 150 Å². The van der Waals surface area contributed by atoms with Crippen molar-refractivity contribution >= 4 is 34.1 Å². The molecule has 1 amide bonds. The summed E-state index contributed by atoms with van der Waals surface area (Å²) in [6, 6.07) is 15.5. The summed E-state index contributed by atoms with van der Waals surface area (Å²) < 4.78 is 6.20. The zero-order valence-electron chi connectivity index (χ0n) is 13.6. The molecule has 0 heterocycles. The molecule has 0 radical (unpaired) electrons. The van der Waals surface area contributed by atoms with Crippen molar-refractivity contribution in [2.24, 2.45) is 5.10 Å². The summed E-state index contributed by atoms with van der Waals surface area (Å²) in [5.41, 5.74) is 5.78. The highest BCUT2D eigenvalue weighted by atomic mass is 79.9. The number of amides is 1. The third-order valence-corrected chi connectivity index (χ3v) is 3.76. The summed E-state index contributed by atoms with van der Waals surface area (Å²) in [6.45, 7) is 3.95. The second-order valence-corrected chi connectivity index (χ2v) is 6.18. The summed E-state index contributed by atoms with van der Waals surface area (Å²) in [5.74, 6) is 0.354. The zero-order chi connectivity index (χ0) is 17.4. The molecular formula is C19H19BrN2O2. The Morgan fingerprint density at radius 3 is 2.62 bits per heavy atom. The van der Waals surface area contributed by atoms with Crippen molar-refractivity contribution < 1.29 is 9.53 Å². The third-order valence-electron chi connectivity index (χ3n) is 3.33. The molecule has 2 aromatic carbocycles. The number of nitrogens with zero attached hydrogens (tertiary/aromatic N) is 1. The second kappa shape index (κ2) is 9.03. The van der Waals surface area contributed by atoms with Crippen molar-refractivity contribution in [2.45, 2.75) is 13.8 Å². The van der Waals surface area contributed by atoms with Crippen molar-refractivity contribution in [1.82, 2.24) is 5.43 Å². The topological polar surface area (TPSA) is 50.7 Å². The van der Waals surface area contributed by atoms with Crippen LogP contribution in [-0.2, 0) is 4.79 Å². The highest BCUT2D eigenvalue weighted by molar-refractivity contribution is 9.12. The number of hydrazone groups is 1. The van der Waals surface area contributed by atoms with Crippen molar-refractivity contribution in [1.29, 1.82) is 0 Å². The lowest BCUT2D eigenvalue weighted by Crippen LogP contribution is -2.24. The van der Waals surface area contributed by atoms with Crippen LogP contribution >= 0.6 is 15.9 Å². The largest absolute Gasteiger partial charge is 0.484 e. The van der Waals surface area contributed by atoms with Crippen LogP contribution in [0.3, 0.4) is 0 Å². The van der Waals surface area contributed by atoms with Crippen molar-refractivity contribution in [2.75, 3.05) is 6.61 Å². The number of carbonyl (C=O) groups is 1. The fourth-order valence-corrected chi connectivity index (χ4v) is 2.26. The quantitative estimate of drug-likeness (QED) is 0.596. The van der Waals surface area contributed by atoms with E-state index >= 15 is 0 Å². The van der Waals surface area contributed by atoms with Gasteiger partial charge in [0, 0.05) is 4.48 Å². The van der Waals surface area contributed by atoms with E-state index < -0.39 is 0 Å². The third kappa shape index (κ3) is 6.01. The minimum Gasteiger partial charge on any atom is -0.484 e. The summed E-state index contributed by atoms with van der Waals surface area (Å²) in [4.78, 5) is 11.7. The van der Waals surface area contributed by atoms with E-state index in [0.29, 0.717) is 5.75 Å². The number of hydrogen-bond donors (Lipinski definition) is 1. The number of nitrogens with one attached hydrogen (secondary N) is 1. The van der Waals surface area contributed by atoms with E-state index in [9.17, 15) is 4.79 Å². The molecule has 0 fully saturated rings. The second-order valence-electron chi connectivity index (χ2n) is 5.27. The molecule has 0 aromatic heterocycles. The van der Waals surface area contributed by atoms with Gasteiger partial charge in [-0.25, -0.2) is 5.43 Å². The van der Waals surface area contributed by atoms with Crippen molar-refractivity contribution in [3.63, 3.8) is 0 Å². The Balaban J connectivity index is 1.80. The first-order valence-electron chi connectivity index (χ1n) is 7.49. The molecule has 2 aromatic rings. The monoisotopic (exact) mass is 386 g/mol. The number of aryl methyl sites for hydroxylation is 2. The number of hydrogen-bond acceptors (Lipinski definition) is 3. The smallest absolute Gasteiger partial charge is 0.277 e. The van der Waals surface area contributed by atoms with Gasteiger partial charge in [-0.05, 0) is 64.7 Å². The van der Waals surface area contributed by atoms with Crippen molar-refractivity contribution in [3.8, 4) is 5.75 Å². The van der Waals surface area contributed by atoms with Crippen LogP contribution < -0.4 is 10.2 Å². The molecule has 0 aliphatic rings. The molecule has 0 bridgehead atoms. The maximum Gasteiger partial charge on any atom is 0.277 e. The van der Waals surface area contributed by atoms with E-state index in [-0.39, 0.29) is 12.5 Å². The van der Waals surface area contributed by atoms with E-state index in [2.05, 4.69) is 26.5 Å². The normalized spacial score (nSPS) is 11.5. The average Bonchev–Trinajstić information content (AvgIpc) is 2.57. The van der Waals surface area contributed by atoms with Crippen LogP contribution in [0.25, 0.3) is 6.08 Å². The summed E-state index contributed by atoms with van der Waals surface area (Å²) in [7, 11) is 0. The maximum atomic E-state index is 11.7. The van der Waals surface area contributed by atoms with Crippen LogP contribution in [0.5, 0.6) is 5.75 Å². The predicted molar refractivity (Wildman–Crippen MR) is 101 cm³/mol. The van der Waals surface area contributed by atoms with Gasteiger partial charge in [0.25, 0.3) is 5.91 Å². The summed E-state index contributed by atoms with van der Waals surface area (Å²) in [6.07, 6.45) is 3.43. The molecule has 4 nitrogen and oxygen atoms in total. The molecule has 0 aliphatic carbocycles. The Kier molecular flexibility index (Phi) is 6.75. The number of ether oxygens (including phenoxy) is 1. The van der Waals surface area contributed by atoms with Crippen LogP contribution in [0.4, 0.5) is 0 Å². The van der Waals surface area contributed by atoms with E-state index in [1.807, 2.05) is 68.5 Å². The van der Waals surface area contributed by atoms with E-state index in [1.165, 1.54) is 11.8 Å². The highest BCUT2D eigenvalue weighted by Gasteiger charge is 2.02. The maximum absolute atomic E-state index is 11.7. The van der Waals surface area contributed by atoms with Crippen LogP contribution in [-0.4, -0.2) is 18.7 Å². The lowest BCUT2D eigenvalue weighted by molar-refractivity contribution is -0.123. The number of allylic oxidation sites excluding steroid dienone is 1. The molecule has 124 valence electrons. The van der Waals surface area contributed by atoms with Gasteiger partial charge in [0.15, 0.2) is 6.61 Å². The number of carbonyl (C=O) groups excluding carboxylic acids is 1. The van der Waals surface area contributed by atoms with E-state index in [1.54, 1.807) is 0 Å². The van der Waals surface area contributed by atoms with Crippen LogP contribution in [0.1, 0.15) is 16.7 Å². The van der Waals surface area contributed by atoms with Crippen LogP contribution in [0.15, 0.2) is 58.1 Å². The SMILES string of the molecule is Cc1ccc(OCC(=O)N/N=C\C(Br)=C\c2ccccc2)cc1C. The summed E-state index contributed by atoms with van der Waals surface area (Å²) >= 11 is 3.38. The van der Waals surface area contributed by atoms with Crippen molar-refractivity contribution in [3.05, 3.63) is 69.7 Å². The minimum absolute atomic E-state index is 0.0835. The highest BCUT2D eigenvalue weighted by Crippen LogP contribution is 2.16. The Morgan fingerprint density at radius 2 is 1.92 bits per heavy atom. The Bertz CT molecular complexity index is 755. The van der Waals surface area contributed by atoms with Gasteiger partial charge in [-0.3, -0.25) is 4.79 Å². The molecule has 0 aliphatic heterocycles. The first-order valence-corrected chi connectivity index (χ1v) is 8.28. The zero-order valence-corrected chi connectivity index (χ0v) is 15.2. The molecule has 0 atom stereocenters. The van der Waals surface area contributed by atoms with Gasteiger partial charge in [-0.2, -0.15) is 5.10 Å². The van der Waals surface area contributed by atoms with Gasteiger partial charge >= 0.3 is 0 Å². The fourth-order valence-electron chi connectivity index (χ4n) is 1.90. The number of rotatable bonds is 6. The first kappa shape index (κ1) is 17.9. The lowest BCUT2D eigenvalue weighted by atomic mass is 10.1. The van der Waals surface area contributed by atoms with Gasteiger partial charge in [-0.15, -0.1) is 0 Å². The fraction of sp³-hybridized carbons (Fsp3) is 0.158. The Morgan fingerprint density at radius 1 is 1.17 bits per heavy atom. The molecule has 2 rings (SSSR count). The molecule has 0 unspecified atom stereocenters. The average molecular weight is 387 g/mol. The molecule has 0 saturated carbocycles. The molecule has 0 saturated heterocycles. The van der Waals surface area contributed by atoms with Gasteiger partial charge in [0.1, 0.15) is 5.75 Å². The molecule has 0 spiro atoms. The van der Waals surface area contributed by atoms with Gasteiger partial charge in [-0.1, -0.05) is 36.4 Å². The minimum atomic E-state index is -0.315. The first-order chi connectivity index (χ1) is 11.5. The number of benzene rings is 2. The standard InChI is InChI=1S/C19H19BrN2O2/c1-14-8-9-18(10-15(14)2)24-13-19(23)22-21-12-17(20)11-16-6-4-3-5-7-16/h3-12H,13H2,1-2H3,(H,22,23)/b17-11-,21-12-. The van der Waals surface area contributed by atoms with E-state index in [4.69, 9.17) is 4.74 Å². The number of halogens is 1. The predicted octanol–water partition coefficient (Wildman–Crippen LogP) is 4.22. The van der Waals surface area contributed by atoms with Crippen LogP contribution in [0, 0.1) is 13.8 Å². The van der Waals surface area contributed by atoms with Gasteiger partial charge < -0.3 is 4.74 Å². The summed E-state index contributed by atoms with van der Waals surface area (Å²) in [5, 5.41) is 3.89. The molecule has 24 heavy (non-hydrogen) atoms. The van der Waals surface area contributed by atoms with Crippen LogP contribution in [0.2, 0.25) is 0 Å². The molecule has 5 heteroatoms. The van der Waals surface area contributed by atoms with Gasteiger partial charge in [0.2, 0.25) is 0 Å². The molecule has 1 N–H and O–H groups in total. The van der Waals surface area contributed by atoms with Gasteiger partial charge in [0.05, 0.1) is 6.21 Å². The Hall–Kier alpha value is -2.40. The van der Waals surface area contributed by atoms with E-state index in [0.717, 1.165) is 15.6 Å².